The van der Waals surface area contributed by atoms with Crippen LogP contribution in [0.25, 0.3) is 0 Å². The van der Waals surface area contributed by atoms with Crippen molar-refractivity contribution in [2.45, 2.75) is 6.10 Å². The molecular weight excluding hydrogens is 252 g/mol. The zero-order chi connectivity index (χ0) is 13.1. The highest BCUT2D eigenvalue weighted by Crippen LogP contribution is 2.34. The molecule has 0 saturated carbocycles. The van der Waals surface area contributed by atoms with Gasteiger partial charge in [0.05, 0.1) is 17.6 Å². The summed E-state index contributed by atoms with van der Waals surface area (Å²) in [5.41, 5.74) is 0.684. The molecule has 94 valence electrons. The van der Waals surface area contributed by atoms with Crippen LogP contribution in [-0.4, -0.2) is 23.3 Å². The van der Waals surface area contributed by atoms with Crippen LogP contribution in [0.15, 0.2) is 35.7 Å². The fraction of sp³-hybridized carbons (Fsp3) is 0.154. The number of thiophene rings is 1. The maximum atomic E-state index is 11.0. The van der Waals surface area contributed by atoms with E-state index in [1.54, 1.807) is 29.6 Å². The van der Waals surface area contributed by atoms with Crippen molar-refractivity contribution >= 4 is 17.3 Å². The molecule has 0 radical (unpaired) electrons. The quantitative estimate of drug-likeness (QED) is 0.890. The van der Waals surface area contributed by atoms with Crippen molar-refractivity contribution in [1.82, 2.24) is 0 Å². The van der Waals surface area contributed by atoms with Crippen molar-refractivity contribution in [3.05, 3.63) is 51.7 Å². The maximum Gasteiger partial charge on any atom is 0.336 e. The molecule has 1 heterocycles. The lowest BCUT2D eigenvalue weighted by Gasteiger charge is -2.14. The summed E-state index contributed by atoms with van der Waals surface area (Å²) >= 11 is 1.21. The van der Waals surface area contributed by atoms with Gasteiger partial charge in [0.2, 0.25) is 0 Å². The van der Waals surface area contributed by atoms with Crippen molar-refractivity contribution in [2.24, 2.45) is 0 Å². The summed E-state index contributed by atoms with van der Waals surface area (Å²) in [4.78, 5) is 11.4. The van der Waals surface area contributed by atoms with E-state index in [0.717, 1.165) is 0 Å². The Morgan fingerprint density at radius 2 is 2.06 bits per heavy atom. The molecule has 2 rings (SSSR count). The number of carboxylic acid groups (broad SMARTS) is 1. The summed E-state index contributed by atoms with van der Waals surface area (Å²) < 4.78 is 5.16. The van der Waals surface area contributed by atoms with Gasteiger partial charge in [0.1, 0.15) is 11.9 Å². The number of benzene rings is 1. The van der Waals surface area contributed by atoms with Crippen LogP contribution in [0.2, 0.25) is 0 Å². The molecule has 0 aliphatic carbocycles. The summed E-state index contributed by atoms with van der Waals surface area (Å²) in [5, 5.41) is 21.0. The second-order valence-electron chi connectivity index (χ2n) is 3.65. The minimum absolute atomic E-state index is 0.124. The lowest BCUT2D eigenvalue weighted by Crippen LogP contribution is -2.06. The number of aliphatic hydroxyl groups is 1. The molecule has 0 spiro atoms. The monoisotopic (exact) mass is 264 g/mol. The highest BCUT2D eigenvalue weighted by molar-refractivity contribution is 7.10. The topological polar surface area (TPSA) is 66.8 Å². The maximum absolute atomic E-state index is 11.0. The van der Waals surface area contributed by atoms with Crippen LogP contribution >= 0.6 is 11.3 Å². The Kier molecular flexibility index (Phi) is 3.64. The number of para-hydroxylation sites is 1. The standard InChI is InChI=1S/C13H12O4S/c1-17-10-5-3-2-4-8(10)11(14)12-9(13(15)16)6-7-18-12/h2-7,11,14H,1H3,(H,15,16). The van der Waals surface area contributed by atoms with Crippen LogP contribution in [0.4, 0.5) is 0 Å². The number of aromatic carboxylic acids is 1. The van der Waals surface area contributed by atoms with E-state index in [-0.39, 0.29) is 5.56 Å². The molecule has 0 aliphatic rings. The number of carboxylic acids is 1. The summed E-state index contributed by atoms with van der Waals surface area (Å²) in [6, 6.07) is 8.50. The Labute approximate surface area is 108 Å². The van der Waals surface area contributed by atoms with Gasteiger partial charge >= 0.3 is 5.97 Å². The van der Waals surface area contributed by atoms with Crippen molar-refractivity contribution < 1.29 is 19.7 Å². The smallest absolute Gasteiger partial charge is 0.336 e. The van der Waals surface area contributed by atoms with Gasteiger partial charge < -0.3 is 14.9 Å². The lowest BCUT2D eigenvalue weighted by atomic mass is 10.0. The molecule has 18 heavy (non-hydrogen) atoms. The Hall–Kier alpha value is -1.85. The van der Waals surface area contributed by atoms with E-state index in [4.69, 9.17) is 9.84 Å². The molecule has 1 atom stereocenters. The van der Waals surface area contributed by atoms with Crippen LogP contribution in [0, 0.1) is 0 Å². The average molecular weight is 264 g/mol. The zero-order valence-electron chi connectivity index (χ0n) is 9.66. The highest BCUT2D eigenvalue weighted by atomic mass is 32.1. The molecule has 1 unspecified atom stereocenters. The van der Waals surface area contributed by atoms with Gasteiger partial charge in [-0.25, -0.2) is 4.79 Å². The van der Waals surface area contributed by atoms with Crippen molar-refractivity contribution in [3.63, 3.8) is 0 Å². The minimum Gasteiger partial charge on any atom is -0.496 e. The van der Waals surface area contributed by atoms with E-state index in [0.29, 0.717) is 16.2 Å². The first-order valence-corrected chi connectivity index (χ1v) is 6.14. The Balaban J connectivity index is 2.44. The summed E-state index contributed by atoms with van der Waals surface area (Å²) in [6.45, 7) is 0. The van der Waals surface area contributed by atoms with Crippen LogP contribution in [0.3, 0.4) is 0 Å². The van der Waals surface area contributed by atoms with Crippen LogP contribution in [0.5, 0.6) is 5.75 Å². The summed E-state index contributed by atoms with van der Waals surface area (Å²) in [7, 11) is 1.51. The van der Waals surface area contributed by atoms with Gasteiger partial charge in [-0.05, 0) is 17.5 Å². The van der Waals surface area contributed by atoms with E-state index in [1.165, 1.54) is 24.5 Å². The molecule has 0 aliphatic heterocycles. The molecule has 2 aromatic rings. The number of rotatable bonds is 4. The second-order valence-corrected chi connectivity index (χ2v) is 4.60. The number of ether oxygens (including phenoxy) is 1. The SMILES string of the molecule is COc1ccccc1C(O)c1sccc1C(=O)O. The van der Waals surface area contributed by atoms with E-state index in [1.807, 2.05) is 0 Å². The number of hydrogen-bond donors (Lipinski definition) is 2. The van der Waals surface area contributed by atoms with Crippen molar-refractivity contribution in [2.75, 3.05) is 7.11 Å². The predicted molar refractivity (Wildman–Crippen MR) is 68.3 cm³/mol. The number of aliphatic hydroxyl groups excluding tert-OH is 1. The predicted octanol–water partition coefficient (Wildman–Crippen LogP) is 2.54. The number of methoxy groups -OCH3 is 1. The Morgan fingerprint density at radius 3 is 2.72 bits per heavy atom. The molecule has 4 nitrogen and oxygen atoms in total. The molecule has 1 aromatic carbocycles. The minimum atomic E-state index is -1.04. The molecule has 1 aromatic heterocycles. The summed E-state index contributed by atoms with van der Waals surface area (Å²) in [6.07, 6.45) is -0.993. The molecule has 5 heteroatoms. The van der Waals surface area contributed by atoms with Gasteiger partial charge in [-0.3, -0.25) is 0 Å². The van der Waals surface area contributed by atoms with Crippen LogP contribution in [0.1, 0.15) is 26.9 Å². The van der Waals surface area contributed by atoms with Crippen LogP contribution < -0.4 is 4.74 Å². The van der Waals surface area contributed by atoms with E-state index >= 15 is 0 Å². The largest absolute Gasteiger partial charge is 0.496 e. The van der Waals surface area contributed by atoms with Gasteiger partial charge in [0, 0.05) is 5.56 Å². The third kappa shape index (κ3) is 2.23. The van der Waals surface area contributed by atoms with E-state index in [2.05, 4.69) is 0 Å². The third-order valence-electron chi connectivity index (χ3n) is 2.61. The van der Waals surface area contributed by atoms with Crippen LogP contribution in [-0.2, 0) is 0 Å². The first-order valence-electron chi connectivity index (χ1n) is 5.26. The fourth-order valence-electron chi connectivity index (χ4n) is 1.74. The lowest BCUT2D eigenvalue weighted by molar-refractivity contribution is 0.0692. The third-order valence-corrected chi connectivity index (χ3v) is 3.58. The molecule has 0 amide bonds. The van der Waals surface area contributed by atoms with Gasteiger partial charge in [-0.1, -0.05) is 18.2 Å². The average Bonchev–Trinajstić information content (AvgIpc) is 2.87. The van der Waals surface area contributed by atoms with E-state index in [9.17, 15) is 9.90 Å². The van der Waals surface area contributed by atoms with Gasteiger partial charge in [-0.2, -0.15) is 0 Å². The number of hydrogen-bond acceptors (Lipinski definition) is 4. The molecule has 2 N–H and O–H groups in total. The molecule has 0 saturated heterocycles. The van der Waals surface area contributed by atoms with Gasteiger partial charge in [0.25, 0.3) is 0 Å². The zero-order valence-corrected chi connectivity index (χ0v) is 10.5. The van der Waals surface area contributed by atoms with Gasteiger partial charge in [-0.15, -0.1) is 11.3 Å². The first kappa shape index (κ1) is 12.6. The Bertz CT molecular complexity index is 562. The summed E-state index contributed by atoms with van der Waals surface area (Å²) in [5.74, 6) is -0.505. The van der Waals surface area contributed by atoms with Gasteiger partial charge in [0.15, 0.2) is 0 Å². The molecule has 0 bridgehead atoms. The van der Waals surface area contributed by atoms with Crippen molar-refractivity contribution in [1.29, 1.82) is 0 Å². The fourth-order valence-corrected chi connectivity index (χ4v) is 2.63. The number of carbonyl (C=O) groups is 1. The highest BCUT2D eigenvalue weighted by Gasteiger charge is 2.22. The van der Waals surface area contributed by atoms with Crippen molar-refractivity contribution in [3.8, 4) is 5.75 Å². The molecule has 0 fully saturated rings. The normalized spacial score (nSPS) is 12.1. The Morgan fingerprint density at radius 1 is 1.33 bits per heavy atom. The van der Waals surface area contributed by atoms with E-state index < -0.39 is 12.1 Å². The second kappa shape index (κ2) is 5.20. The first-order chi connectivity index (χ1) is 8.65. The molecular formula is C13H12O4S.